The standard InChI is InChI=1S/C10H8BrF3/c11-7-4-3-6-2-1-5-10(13,14)8(6)9(7)12/h3-4H,1-2,5H2. The van der Waals surface area contributed by atoms with Crippen LogP contribution >= 0.6 is 15.9 Å². The molecule has 0 saturated heterocycles. The third kappa shape index (κ3) is 1.45. The molecule has 0 spiro atoms. The van der Waals surface area contributed by atoms with Gasteiger partial charge < -0.3 is 0 Å². The van der Waals surface area contributed by atoms with Gasteiger partial charge in [0.25, 0.3) is 5.92 Å². The second-order valence-electron chi connectivity index (χ2n) is 3.45. The lowest BCUT2D eigenvalue weighted by Gasteiger charge is -2.25. The second kappa shape index (κ2) is 3.26. The summed E-state index contributed by atoms with van der Waals surface area (Å²) in [6, 6.07) is 3.05. The molecule has 0 unspecified atom stereocenters. The van der Waals surface area contributed by atoms with Gasteiger partial charge in [-0.3, -0.25) is 0 Å². The molecule has 0 N–H and O–H groups in total. The fraction of sp³-hybridized carbons (Fsp3) is 0.400. The Hall–Kier alpha value is -0.510. The van der Waals surface area contributed by atoms with Crippen molar-refractivity contribution in [1.82, 2.24) is 0 Å². The summed E-state index contributed by atoms with van der Waals surface area (Å²) < 4.78 is 40.3. The lowest BCUT2D eigenvalue weighted by atomic mass is 9.88. The minimum Gasteiger partial charge on any atom is -0.205 e. The van der Waals surface area contributed by atoms with E-state index in [4.69, 9.17) is 0 Å². The molecule has 1 aliphatic carbocycles. The highest BCUT2D eigenvalue weighted by Gasteiger charge is 2.39. The van der Waals surface area contributed by atoms with Gasteiger partial charge in [0.05, 0.1) is 10.0 Å². The normalized spacial score (nSPS) is 19.1. The van der Waals surface area contributed by atoms with Gasteiger partial charge in [-0.05, 0) is 40.4 Å². The molecule has 1 aromatic carbocycles. The number of alkyl halides is 2. The van der Waals surface area contributed by atoms with Crippen LogP contribution in [0.2, 0.25) is 0 Å². The van der Waals surface area contributed by atoms with Crippen LogP contribution in [0.5, 0.6) is 0 Å². The minimum absolute atomic E-state index is 0.109. The predicted octanol–water partition coefficient (Wildman–Crippen LogP) is 4.02. The molecule has 0 aliphatic heterocycles. The Kier molecular flexibility index (Phi) is 2.33. The van der Waals surface area contributed by atoms with Gasteiger partial charge in [0.1, 0.15) is 5.82 Å². The number of aryl methyl sites for hydroxylation is 1. The van der Waals surface area contributed by atoms with Crippen LogP contribution in [0, 0.1) is 5.82 Å². The van der Waals surface area contributed by atoms with Crippen molar-refractivity contribution in [2.45, 2.75) is 25.2 Å². The average molecular weight is 265 g/mol. The molecule has 1 aliphatic rings. The van der Waals surface area contributed by atoms with Gasteiger partial charge in [0.2, 0.25) is 0 Å². The van der Waals surface area contributed by atoms with Crippen molar-refractivity contribution in [3.8, 4) is 0 Å². The Labute approximate surface area is 88.2 Å². The second-order valence-corrected chi connectivity index (χ2v) is 4.31. The van der Waals surface area contributed by atoms with Gasteiger partial charge in [0, 0.05) is 6.42 Å². The number of hydrogen-bond acceptors (Lipinski definition) is 0. The summed E-state index contributed by atoms with van der Waals surface area (Å²) in [5.74, 6) is -3.83. The average Bonchev–Trinajstić information content (AvgIpc) is 2.10. The van der Waals surface area contributed by atoms with Crippen LogP contribution in [0.3, 0.4) is 0 Å². The highest BCUT2D eigenvalue weighted by molar-refractivity contribution is 9.10. The minimum atomic E-state index is -3.01. The van der Waals surface area contributed by atoms with E-state index < -0.39 is 17.3 Å². The molecule has 76 valence electrons. The lowest BCUT2D eigenvalue weighted by molar-refractivity contribution is -0.0252. The molecule has 0 heterocycles. The van der Waals surface area contributed by atoms with E-state index in [2.05, 4.69) is 15.9 Å². The number of hydrogen-bond donors (Lipinski definition) is 0. The molecule has 0 fully saturated rings. The SMILES string of the molecule is Fc1c(Br)ccc2c1C(F)(F)CCC2. The lowest BCUT2D eigenvalue weighted by Crippen LogP contribution is -2.22. The molecule has 4 heteroatoms. The molecule has 1 aromatic rings. The molecular formula is C10H8BrF3. The Morgan fingerprint density at radius 2 is 2.00 bits per heavy atom. The van der Waals surface area contributed by atoms with Crippen LogP contribution in [0.4, 0.5) is 13.2 Å². The van der Waals surface area contributed by atoms with Crippen molar-refractivity contribution in [2.24, 2.45) is 0 Å². The van der Waals surface area contributed by atoms with E-state index in [1.54, 1.807) is 6.07 Å². The van der Waals surface area contributed by atoms with Gasteiger partial charge in [-0.15, -0.1) is 0 Å². The summed E-state index contributed by atoms with van der Waals surface area (Å²) in [6.07, 6.45) is 0.698. The first kappa shape index (κ1) is 10.0. The quantitative estimate of drug-likeness (QED) is 0.664. The van der Waals surface area contributed by atoms with Crippen LogP contribution in [0.25, 0.3) is 0 Å². The Balaban J connectivity index is 2.66. The maximum absolute atomic E-state index is 13.5. The summed E-state index contributed by atoms with van der Waals surface area (Å²) in [7, 11) is 0. The van der Waals surface area contributed by atoms with E-state index in [-0.39, 0.29) is 10.9 Å². The smallest absolute Gasteiger partial charge is 0.205 e. The Morgan fingerprint density at radius 3 is 2.71 bits per heavy atom. The van der Waals surface area contributed by atoms with E-state index in [0.717, 1.165) is 0 Å². The van der Waals surface area contributed by atoms with Gasteiger partial charge >= 0.3 is 0 Å². The summed E-state index contributed by atoms with van der Waals surface area (Å²) in [4.78, 5) is 0. The highest BCUT2D eigenvalue weighted by Crippen LogP contribution is 2.42. The van der Waals surface area contributed by atoms with E-state index in [1.807, 2.05) is 0 Å². The van der Waals surface area contributed by atoms with Crippen molar-refractivity contribution < 1.29 is 13.2 Å². The summed E-state index contributed by atoms with van der Waals surface area (Å²) in [5, 5.41) is 0. The molecule has 0 radical (unpaired) electrons. The maximum atomic E-state index is 13.5. The molecule has 2 rings (SSSR count). The van der Waals surface area contributed by atoms with E-state index in [0.29, 0.717) is 18.4 Å². The van der Waals surface area contributed by atoms with Crippen LogP contribution < -0.4 is 0 Å². The van der Waals surface area contributed by atoms with Crippen molar-refractivity contribution in [2.75, 3.05) is 0 Å². The van der Waals surface area contributed by atoms with Gasteiger partial charge in [-0.1, -0.05) is 6.07 Å². The summed E-state index contributed by atoms with van der Waals surface area (Å²) in [6.45, 7) is 0. The largest absolute Gasteiger partial charge is 0.276 e. The zero-order valence-electron chi connectivity index (χ0n) is 7.29. The molecule has 0 amide bonds. The van der Waals surface area contributed by atoms with Crippen LogP contribution in [-0.2, 0) is 12.3 Å². The zero-order valence-corrected chi connectivity index (χ0v) is 8.87. The Morgan fingerprint density at radius 1 is 1.29 bits per heavy atom. The van der Waals surface area contributed by atoms with Crippen molar-refractivity contribution in [3.63, 3.8) is 0 Å². The molecular weight excluding hydrogens is 257 g/mol. The number of fused-ring (bicyclic) bond motifs is 1. The van der Waals surface area contributed by atoms with Crippen molar-refractivity contribution in [1.29, 1.82) is 0 Å². The zero-order chi connectivity index (χ0) is 10.3. The highest BCUT2D eigenvalue weighted by atomic mass is 79.9. The molecule has 0 atom stereocenters. The number of rotatable bonds is 0. The monoisotopic (exact) mass is 264 g/mol. The van der Waals surface area contributed by atoms with E-state index >= 15 is 0 Å². The fourth-order valence-corrected chi connectivity index (χ4v) is 2.15. The predicted molar refractivity (Wildman–Crippen MR) is 50.9 cm³/mol. The molecule has 0 saturated carbocycles. The maximum Gasteiger partial charge on any atom is 0.276 e. The third-order valence-electron chi connectivity index (χ3n) is 2.48. The third-order valence-corrected chi connectivity index (χ3v) is 3.10. The molecule has 0 aromatic heterocycles. The summed E-state index contributed by atoms with van der Waals surface area (Å²) in [5.41, 5.74) is 0.0140. The van der Waals surface area contributed by atoms with Crippen molar-refractivity contribution in [3.05, 3.63) is 33.5 Å². The van der Waals surface area contributed by atoms with E-state index in [9.17, 15) is 13.2 Å². The molecule has 14 heavy (non-hydrogen) atoms. The van der Waals surface area contributed by atoms with Crippen molar-refractivity contribution >= 4 is 15.9 Å². The van der Waals surface area contributed by atoms with Gasteiger partial charge in [-0.25, -0.2) is 13.2 Å². The van der Waals surface area contributed by atoms with Crippen LogP contribution in [0.15, 0.2) is 16.6 Å². The van der Waals surface area contributed by atoms with Gasteiger partial charge in [0.15, 0.2) is 0 Å². The first-order valence-corrected chi connectivity index (χ1v) is 5.17. The first-order valence-electron chi connectivity index (χ1n) is 4.37. The number of halogens is 4. The summed E-state index contributed by atoms with van der Waals surface area (Å²) >= 11 is 2.92. The van der Waals surface area contributed by atoms with Crippen LogP contribution in [-0.4, -0.2) is 0 Å². The van der Waals surface area contributed by atoms with E-state index in [1.165, 1.54) is 6.07 Å². The Bertz CT molecular complexity index is 374. The number of benzene rings is 1. The fourth-order valence-electron chi connectivity index (χ4n) is 1.82. The first-order chi connectivity index (χ1) is 6.52. The molecule has 0 nitrogen and oxygen atoms in total. The van der Waals surface area contributed by atoms with Crippen LogP contribution in [0.1, 0.15) is 24.0 Å². The van der Waals surface area contributed by atoms with Gasteiger partial charge in [-0.2, -0.15) is 0 Å². The topological polar surface area (TPSA) is 0 Å². The molecule has 0 bridgehead atoms.